The Morgan fingerprint density at radius 1 is 1.08 bits per heavy atom. The molecule has 2 aromatic carbocycles. The molecule has 0 aromatic heterocycles. The first-order chi connectivity index (χ1) is 11.7. The summed E-state index contributed by atoms with van der Waals surface area (Å²) in [4.78, 5) is 14.3. The molecule has 0 saturated carbocycles. The van der Waals surface area contributed by atoms with Crippen molar-refractivity contribution >= 4 is 17.5 Å². The van der Waals surface area contributed by atoms with E-state index < -0.39 is 6.09 Å². The molecular weight excluding hydrogens is 300 g/mol. The summed E-state index contributed by atoms with van der Waals surface area (Å²) in [6, 6.07) is 15.9. The van der Waals surface area contributed by atoms with E-state index in [-0.39, 0.29) is 6.61 Å². The van der Waals surface area contributed by atoms with E-state index in [9.17, 15) is 4.79 Å². The summed E-state index contributed by atoms with van der Waals surface area (Å²) in [5.41, 5.74) is 4.12. The number of rotatable bonds is 4. The van der Waals surface area contributed by atoms with Gasteiger partial charge in [0.2, 0.25) is 0 Å². The van der Waals surface area contributed by atoms with Crippen molar-refractivity contribution in [1.82, 2.24) is 0 Å². The number of ether oxygens (including phenoxy) is 1. The largest absolute Gasteiger partial charge is 0.444 e. The van der Waals surface area contributed by atoms with Gasteiger partial charge < -0.3 is 9.64 Å². The quantitative estimate of drug-likeness (QED) is 0.883. The van der Waals surface area contributed by atoms with E-state index in [0.29, 0.717) is 0 Å². The molecule has 1 heterocycles. The number of nitrogens with one attached hydrogen (secondary N) is 1. The minimum atomic E-state index is -0.428. The highest BCUT2D eigenvalue weighted by Crippen LogP contribution is 2.21. The third kappa shape index (κ3) is 4.51. The van der Waals surface area contributed by atoms with Crippen LogP contribution in [-0.2, 0) is 11.3 Å². The number of carbonyl (C=O) groups excluding carboxylic acids is 1. The normalized spacial score (nSPS) is 14.3. The second kappa shape index (κ2) is 7.86. The minimum Gasteiger partial charge on any atom is -0.444 e. The molecule has 0 atom stereocenters. The lowest BCUT2D eigenvalue weighted by molar-refractivity contribution is 0.155. The summed E-state index contributed by atoms with van der Waals surface area (Å²) in [6.45, 7) is 4.53. The molecule has 1 saturated heterocycles. The van der Waals surface area contributed by atoms with Gasteiger partial charge in [0.05, 0.1) is 0 Å². The second-order valence-electron chi connectivity index (χ2n) is 6.28. The first kappa shape index (κ1) is 16.4. The molecule has 1 aliphatic heterocycles. The fourth-order valence-corrected chi connectivity index (χ4v) is 3.01. The lowest BCUT2D eigenvalue weighted by Gasteiger charge is -2.28. The van der Waals surface area contributed by atoms with Gasteiger partial charge >= 0.3 is 6.09 Å². The Hall–Kier alpha value is -2.49. The fraction of sp³-hybridized carbons (Fsp3) is 0.350. The van der Waals surface area contributed by atoms with Crippen molar-refractivity contribution in [3.8, 4) is 0 Å². The van der Waals surface area contributed by atoms with Crippen LogP contribution in [0.1, 0.15) is 30.4 Å². The Bertz CT molecular complexity index is 676. The Morgan fingerprint density at radius 2 is 1.83 bits per heavy atom. The number of nitrogens with zero attached hydrogens (tertiary/aromatic N) is 1. The van der Waals surface area contributed by atoms with Gasteiger partial charge in [-0.3, -0.25) is 5.32 Å². The van der Waals surface area contributed by atoms with E-state index in [0.717, 1.165) is 29.9 Å². The van der Waals surface area contributed by atoms with Crippen molar-refractivity contribution in [2.24, 2.45) is 0 Å². The van der Waals surface area contributed by atoms with E-state index in [4.69, 9.17) is 4.74 Å². The van der Waals surface area contributed by atoms with Gasteiger partial charge in [0, 0.05) is 24.5 Å². The van der Waals surface area contributed by atoms with Crippen LogP contribution in [0.25, 0.3) is 0 Å². The topological polar surface area (TPSA) is 41.6 Å². The first-order valence-electron chi connectivity index (χ1n) is 8.55. The van der Waals surface area contributed by atoms with Crippen LogP contribution < -0.4 is 10.2 Å². The number of hydrogen-bond acceptors (Lipinski definition) is 3. The van der Waals surface area contributed by atoms with Crippen molar-refractivity contribution in [2.45, 2.75) is 32.8 Å². The summed E-state index contributed by atoms with van der Waals surface area (Å²) < 4.78 is 5.27. The smallest absolute Gasteiger partial charge is 0.411 e. The summed E-state index contributed by atoms with van der Waals surface area (Å²) in [5, 5.41) is 2.78. The number of benzene rings is 2. The molecule has 0 aliphatic carbocycles. The zero-order valence-corrected chi connectivity index (χ0v) is 14.1. The van der Waals surface area contributed by atoms with Crippen molar-refractivity contribution < 1.29 is 9.53 Å². The number of hydrogen-bond donors (Lipinski definition) is 1. The molecule has 0 spiro atoms. The predicted molar refractivity (Wildman–Crippen MR) is 97.5 cm³/mol. The maximum Gasteiger partial charge on any atom is 0.411 e. The number of amides is 1. The van der Waals surface area contributed by atoms with Crippen LogP contribution >= 0.6 is 0 Å². The van der Waals surface area contributed by atoms with Gasteiger partial charge in [-0.05, 0) is 56.0 Å². The predicted octanol–water partition coefficient (Wildman–Crippen LogP) is 4.73. The van der Waals surface area contributed by atoms with Crippen molar-refractivity contribution in [2.75, 3.05) is 23.3 Å². The molecule has 0 radical (unpaired) electrons. The molecule has 1 aliphatic rings. The number of aryl methyl sites for hydroxylation is 1. The second-order valence-corrected chi connectivity index (χ2v) is 6.28. The third-order valence-electron chi connectivity index (χ3n) is 4.29. The number of carbonyl (C=O) groups is 1. The minimum absolute atomic E-state index is 0.277. The standard InChI is InChI=1S/C20H24N2O2/c1-16-6-5-7-17(14-16)15-24-20(23)21-18-8-10-19(11-9-18)22-12-3-2-4-13-22/h5-11,14H,2-4,12-13,15H2,1H3,(H,21,23). The summed E-state index contributed by atoms with van der Waals surface area (Å²) in [7, 11) is 0. The maximum atomic E-state index is 11.9. The molecule has 1 fully saturated rings. The Labute approximate surface area is 143 Å². The number of piperidine rings is 1. The zero-order chi connectivity index (χ0) is 16.8. The van der Waals surface area contributed by atoms with Crippen LogP contribution in [0.4, 0.5) is 16.2 Å². The van der Waals surface area contributed by atoms with E-state index in [1.54, 1.807) is 0 Å². The lowest BCUT2D eigenvalue weighted by atomic mass is 10.1. The Balaban J connectivity index is 1.50. The van der Waals surface area contributed by atoms with Gasteiger partial charge in [0.25, 0.3) is 0 Å². The Morgan fingerprint density at radius 3 is 2.54 bits per heavy atom. The Kier molecular flexibility index (Phi) is 5.36. The molecule has 0 unspecified atom stereocenters. The van der Waals surface area contributed by atoms with Gasteiger partial charge in [-0.15, -0.1) is 0 Å². The molecule has 3 rings (SSSR count). The summed E-state index contributed by atoms with van der Waals surface area (Å²) in [5.74, 6) is 0. The SMILES string of the molecule is Cc1cccc(COC(=O)Nc2ccc(N3CCCCC3)cc2)c1. The van der Waals surface area contributed by atoms with Crippen LogP contribution in [0.2, 0.25) is 0 Å². The van der Waals surface area contributed by atoms with E-state index in [1.165, 1.54) is 24.9 Å². The van der Waals surface area contributed by atoms with Crippen LogP contribution in [0, 0.1) is 6.92 Å². The summed E-state index contributed by atoms with van der Waals surface area (Å²) in [6.07, 6.45) is 3.40. The molecule has 4 nitrogen and oxygen atoms in total. The lowest BCUT2D eigenvalue weighted by Crippen LogP contribution is -2.29. The molecule has 1 amide bonds. The van der Waals surface area contributed by atoms with Crippen LogP contribution in [0.3, 0.4) is 0 Å². The fourth-order valence-electron chi connectivity index (χ4n) is 3.01. The highest BCUT2D eigenvalue weighted by molar-refractivity contribution is 5.84. The molecule has 0 bridgehead atoms. The highest BCUT2D eigenvalue weighted by Gasteiger charge is 2.11. The summed E-state index contributed by atoms with van der Waals surface area (Å²) >= 11 is 0. The van der Waals surface area contributed by atoms with E-state index in [2.05, 4.69) is 22.3 Å². The van der Waals surface area contributed by atoms with Crippen molar-refractivity contribution in [3.05, 3.63) is 59.7 Å². The average Bonchev–Trinajstić information content (AvgIpc) is 2.61. The first-order valence-corrected chi connectivity index (χ1v) is 8.55. The zero-order valence-electron chi connectivity index (χ0n) is 14.1. The van der Waals surface area contributed by atoms with Gasteiger partial charge in [0.1, 0.15) is 6.61 Å². The van der Waals surface area contributed by atoms with Gasteiger partial charge in [-0.25, -0.2) is 4.79 Å². The number of anilines is 2. The molecule has 126 valence electrons. The van der Waals surface area contributed by atoms with Crippen molar-refractivity contribution in [1.29, 1.82) is 0 Å². The van der Waals surface area contributed by atoms with Crippen LogP contribution in [0.5, 0.6) is 0 Å². The monoisotopic (exact) mass is 324 g/mol. The van der Waals surface area contributed by atoms with Crippen LogP contribution in [0.15, 0.2) is 48.5 Å². The molecule has 4 heteroatoms. The maximum absolute atomic E-state index is 11.9. The van der Waals surface area contributed by atoms with Crippen LogP contribution in [-0.4, -0.2) is 19.2 Å². The molecule has 24 heavy (non-hydrogen) atoms. The highest BCUT2D eigenvalue weighted by atomic mass is 16.5. The third-order valence-corrected chi connectivity index (χ3v) is 4.29. The van der Waals surface area contributed by atoms with Crippen molar-refractivity contribution in [3.63, 3.8) is 0 Å². The van der Waals surface area contributed by atoms with Gasteiger partial charge in [0.15, 0.2) is 0 Å². The average molecular weight is 324 g/mol. The van der Waals surface area contributed by atoms with E-state index >= 15 is 0 Å². The molecular formula is C20H24N2O2. The van der Waals surface area contributed by atoms with Gasteiger partial charge in [-0.1, -0.05) is 29.8 Å². The molecule has 1 N–H and O–H groups in total. The van der Waals surface area contributed by atoms with E-state index in [1.807, 2.05) is 43.3 Å². The van der Waals surface area contributed by atoms with Gasteiger partial charge in [-0.2, -0.15) is 0 Å². The molecule has 2 aromatic rings.